The Hall–Kier alpha value is -2.32. The highest BCUT2D eigenvalue weighted by Gasteiger charge is 2.48. The number of benzene rings is 1. The molecule has 3 aliphatic rings. The predicted octanol–water partition coefficient (Wildman–Crippen LogP) is 3.25. The zero-order valence-electron chi connectivity index (χ0n) is 16.9. The van der Waals surface area contributed by atoms with Crippen LogP contribution in [0.5, 0.6) is 17.4 Å². The minimum absolute atomic E-state index is 0.109. The molecule has 0 saturated carbocycles. The first-order valence-corrected chi connectivity index (χ1v) is 11.4. The van der Waals surface area contributed by atoms with Gasteiger partial charge in [-0.1, -0.05) is 6.58 Å². The van der Waals surface area contributed by atoms with Crippen molar-refractivity contribution < 1.29 is 27.6 Å². The number of fused-ring (bicyclic) bond motifs is 1. The molecule has 1 fully saturated rings. The number of pyridine rings is 1. The van der Waals surface area contributed by atoms with Gasteiger partial charge in [0.2, 0.25) is 0 Å². The molecular formula is C20H24N3O6P. The molecule has 0 radical (unpaired) electrons. The van der Waals surface area contributed by atoms with E-state index >= 15 is 0 Å². The van der Waals surface area contributed by atoms with Gasteiger partial charge >= 0.3 is 7.82 Å². The van der Waals surface area contributed by atoms with Crippen molar-refractivity contribution in [2.45, 2.75) is 38.5 Å². The molecule has 2 aromatic rings. The van der Waals surface area contributed by atoms with E-state index in [1.165, 1.54) is 0 Å². The zero-order chi connectivity index (χ0) is 21.1. The van der Waals surface area contributed by atoms with Crippen LogP contribution in [0.1, 0.15) is 30.9 Å². The van der Waals surface area contributed by atoms with Crippen LogP contribution in [-0.4, -0.2) is 30.8 Å². The molecule has 1 aromatic carbocycles. The summed E-state index contributed by atoms with van der Waals surface area (Å²) in [6.07, 6.45) is 1.76. The Morgan fingerprint density at radius 2 is 2.20 bits per heavy atom. The molecule has 9 nitrogen and oxygen atoms in total. The van der Waals surface area contributed by atoms with Crippen LogP contribution >= 0.6 is 7.82 Å². The SMILES string of the molecule is C=C1COC(NC(C)CCCN)(c2ccc3c4c(C)c5c(nc24)OP(=O)(O5)O3)CO1. The lowest BCUT2D eigenvalue weighted by Gasteiger charge is -2.41. The summed E-state index contributed by atoms with van der Waals surface area (Å²) in [4.78, 5) is 4.64. The quantitative estimate of drug-likeness (QED) is 0.663. The smallest absolute Gasteiger partial charge is 0.491 e. The van der Waals surface area contributed by atoms with Crippen LogP contribution in [0.3, 0.4) is 0 Å². The number of aryl methyl sites for hydroxylation is 1. The van der Waals surface area contributed by atoms with Gasteiger partial charge in [0.25, 0.3) is 5.88 Å². The Balaban J connectivity index is 1.66. The summed E-state index contributed by atoms with van der Waals surface area (Å²) in [5.74, 6) is 1.48. The summed E-state index contributed by atoms with van der Waals surface area (Å²) in [7, 11) is -3.74. The third-order valence-electron chi connectivity index (χ3n) is 5.59. The summed E-state index contributed by atoms with van der Waals surface area (Å²) >= 11 is 0. The van der Waals surface area contributed by atoms with Gasteiger partial charge in [-0.3, -0.25) is 5.32 Å². The Labute approximate surface area is 174 Å². The Bertz CT molecular complexity index is 1090. The number of hydrogen-bond acceptors (Lipinski definition) is 9. The molecule has 0 spiro atoms. The number of nitrogens with two attached hydrogens (primary N) is 1. The molecule has 160 valence electrons. The summed E-state index contributed by atoms with van der Waals surface area (Å²) < 4.78 is 41.3. The Kier molecular flexibility index (Phi) is 4.48. The van der Waals surface area contributed by atoms with Crippen molar-refractivity contribution in [3.63, 3.8) is 0 Å². The maximum Gasteiger partial charge on any atom is 0.648 e. The lowest BCUT2D eigenvalue weighted by molar-refractivity contribution is -0.156. The van der Waals surface area contributed by atoms with Crippen LogP contribution < -0.4 is 24.6 Å². The van der Waals surface area contributed by atoms with E-state index in [2.05, 4.69) is 23.8 Å². The zero-order valence-corrected chi connectivity index (χ0v) is 17.8. The highest BCUT2D eigenvalue weighted by atomic mass is 31.2. The second kappa shape index (κ2) is 6.85. The van der Waals surface area contributed by atoms with Crippen molar-refractivity contribution >= 4 is 18.7 Å². The van der Waals surface area contributed by atoms with Crippen molar-refractivity contribution in [1.82, 2.24) is 10.3 Å². The monoisotopic (exact) mass is 433 g/mol. The number of hydrogen-bond donors (Lipinski definition) is 2. The molecule has 0 aliphatic carbocycles. The summed E-state index contributed by atoms with van der Waals surface area (Å²) in [6.45, 7) is 8.89. The van der Waals surface area contributed by atoms with Crippen molar-refractivity contribution in [3.05, 3.63) is 35.6 Å². The number of aromatic nitrogens is 1. The van der Waals surface area contributed by atoms with Crippen LogP contribution in [0.15, 0.2) is 24.5 Å². The molecule has 30 heavy (non-hydrogen) atoms. The van der Waals surface area contributed by atoms with E-state index < -0.39 is 13.5 Å². The maximum absolute atomic E-state index is 12.7. The van der Waals surface area contributed by atoms with Crippen LogP contribution in [0.2, 0.25) is 0 Å². The third kappa shape index (κ3) is 2.96. The molecule has 4 heterocycles. The number of phosphoric ester groups is 1. The molecule has 3 aliphatic heterocycles. The molecule has 3 atom stereocenters. The Morgan fingerprint density at radius 3 is 2.93 bits per heavy atom. The second-order valence-electron chi connectivity index (χ2n) is 7.85. The number of ether oxygens (including phenoxy) is 2. The molecule has 10 heteroatoms. The number of rotatable bonds is 6. The van der Waals surface area contributed by atoms with Gasteiger partial charge in [-0.15, -0.1) is 0 Å². The minimum atomic E-state index is -3.74. The van der Waals surface area contributed by atoms with Crippen molar-refractivity contribution in [2.75, 3.05) is 19.8 Å². The fourth-order valence-corrected chi connectivity index (χ4v) is 5.42. The molecule has 0 amide bonds. The van der Waals surface area contributed by atoms with Gasteiger partial charge in [-0.2, -0.15) is 4.57 Å². The van der Waals surface area contributed by atoms with E-state index in [0.29, 0.717) is 29.3 Å². The largest absolute Gasteiger partial charge is 0.648 e. The topological polar surface area (TPSA) is 114 Å². The second-order valence-corrected chi connectivity index (χ2v) is 9.29. The fraction of sp³-hybridized carbons (Fsp3) is 0.450. The molecule has 1 saturated heterocycles. The van der Waals surface area contributed by atoms with Crippen LogP contribution in [-0.2, 0) is 19.8 Å². The van der Waals surface area contributed by atoms with Crippen LogP contribution in [0, 0.1) is 6.92 Å². The van der Waals surface area contributed by atoms with E-state index in [0.717, 1.165) is 29.4 Å². The number of nitrogens with zero attached hydrogens (tertiary/aromatic N) is 1. The highest BCUT2D eigenvalue weighted by Crippen LogP contribution is 2.63. The first-order valence-electron chi connectivity index (χ1n) is 9.93. The normalized spacial score (nSPS) is 27.4. The first-order chi connectivity index (χ1) is 14.3. The van der Waals surface area contributed by atoms with Crippen molar-refractivity contribution in [3.8, 4) is 17.4 Å². The molecule has 5 rings (SSSR count). The maximum atomic E-state index is 12.7. The van der Waals surface area contributed by atoms with Crippen molar-refractivity contribution in [1.29, 1.82) is 0 Å². The van der Waals surface area contributed by atoms with Crippen LogP contribution in [0.25, 0.3) is 10.9 Å². The molecule has 3 bridgehead atoms. The van der Waals surface area contributed by atoms with Gasteiger partial charge in [0, 0.05) is 17.2 Å². The van der Waals surface area contributed by atoms with E-state index in [9.17, 15) is 4.57 Å². The van der Waals surface area contributed by atoms with E-state index in [1.54, 1.807) is 6.07 Å². The lowest BCUT2D eigenvalue weighted by atomic mass is 9.95. The number of phosphoric acid groups is 1. The molecule has 1 aromatic heterocycles. The molecule has 3 unspecified atom stereocenters. The summed E-state index contributed by atoms with van der Waals surface area (Å²) in [5, 5.41) is 4.29. The van der Waals surface area contributed by atoms with Gasteiger partial charge in [-0.25, -0.2) is 4.98 Å². The predicted molar refractivity (Wildman–Crippen MR) is 110 cm³/mol. The molecule has 3 N–H and O–H groups in total. The van der Waals surface area contributed by atoms with E-state index in [1.807, 2.05) is 13.0 Å². The number of nitrogens with one attached hydrogen (secondary N) is 1. The van der Waals surface area contributed by atoms with Gasteiger partial charge in [0.1, 0.15) is 24.7 Å². The summed E-state index contributed by atoms with van der Waals surface area (Å²) in [5.41, 5.74) is 6.88. The van der Waals surface area contributed by atoms with E-state index in [4.69, 9.17) is 28.8 Å². The fourth-order valence-electron chi connectivity index (χ4n) is 4.14. The van der Waals surface area contributed by atoms with Crippen molar-refractivity contribution in [2.24, 2.45) is 5.73 Å². The van der Waals surface area contributed by atoms with Gasteiger partial charge < -0.3 is 28.8 Å². The third-order valence-corrected chi connectivity index (χ3v) is 6.81. The average molecular weight is 433 g/mol. The first kappa shape index (κ1) is 19.6. The minimum Gasteiger partial charge on any atom is -0.491 e. The van der Waals surface area contributed by atoms with Gasteiger partial charge in [-0.05, 0) is 45.4 Å². The average Bonchev–Trinajstić information content (AvgIpc) is 3.00. The summed E-state index contributed by atoms with van der Waals surface area (Å²) in [6, 6.07) is 3.71. The van der Waals surface area contributed by atoms with Gasteiger partial charge in [0.05, 0.1) is 10.9 Å². The Morgan fingerprint density at radius 1 is 1.37 bits per heavy atom. The standard InChI is InChI=1S/C20H24N3O6P/c1-11(5-4-8-21)23-20(10-25-12(2)9-26-20)14-6-7-15-16-13(3)18-19(22-17(14)16)29-30(24,27-15)28-18/h6-7,11,23H,2,4-5,8-10,21H2,1,3H3. The lowest BCUT2D eigenvalue weighted by Crippen LogP contribution is -2.54. The molecular weight excluding hydrogens is 409 g/mol. The van der Waals surface area contributed by atoms with Crippen LogP contribution in [0.4, 0.5) is 0 Å². The van der Waals surface area contributed by atoms with Gasteiger partial charge in [0.15, 0.2) is 11.5 Å². The van der Waals surface area contributed by atoms with E-state index in [-0.39, 0.29) is 25.1 Å². The highest BCUT2D eigenvalue weighted by molar-refractivity contribution is 7.50.